The standard InChI is InChI=1S/C12H27NO/c1-5-7-11(3)10-14-9-8-12(4)13-6-2/h11-13H,5-10H2,1-4H3. The Labute approximate surface area is 89.4 Å². The van der Waals surface area contributed by atoms with Crippen molar-refractivity contribution in [2.75, 3.05) is 19.8 Å². The van der Waals surface area contributed by atoms with Gasteiger partial charge in [-0.2, -0.15) is 0 Å². The van der Waals surface area contributed by atoms with E-state index in [0.29, 0.717) is 6.04 Å². The molecular formula is C12H27NO. The normalized spacial score (nSPS) is 15.4. The van der Waals surface area contributed by atoms with Crippen LogP contribution in [0.3, 0.4) is 0 Å². The minimum Gasteiger partial charge on any atom is -0.381 e. The van der Waals surface area contributed by atoms with Gasteiger partial charge in [0.2, 0.25) is 0 Å². The van der Waals surface area contributed by atoms with E-state index >= 15 is 0 Å². The van der Waals surface area contributed by atoms with Crippen molar-refractivity contribution >= 4 is 0 Å². The zero-order chi connectivity index (χ0) is 10.8. The van der Waals surface area contributed by atoms with E-state index in [4.69, 9.17) is 4.74 Å². The van der Waals surface area contributed by atoms with E-state index in [-0.39, 0.29) is 0 Å². The Bertz CT molecular complexity index is 103. The van der Waals surface area contributed by atoms with Crippen molar-refractivity contribution in [3.63, 3.8) is 0 Å². The summed E-state index contributed by atoms with van der Waals surface area (Å²) >= 11 is 0. The lowest BCUT2D eigenvalue weighted by Gasteiger charge is -2.14. The second-order valence-corrected chi connectivity index (χ2v) is 4.22. The number of hydrogen-bond acceptors (Lipinski definition) is 2. The molecule has 0 fully saturated rings. The molecule has 1 N–H and O–H groups in total. The maximum atomic E-state index is 5.62. The van der Waals surface area contributed by atoms with E-state index in [1.165, 1.54) is 12.8 Å². The molecule has 0 spiro atoms. The summed E-state index contributed by atoms with van der Waals surface area (Å²) in [5, 5.41) is 3.38. The summed E-state index contributed by atoms with van der Waals surface area (Å²) in [7, 11) is 0. The Hall–Kier alpha value is -0.0800. The van der Waals surface area contributed by atoms with E-state index in [1.54, 1.807) is 0 Å². The molecule has 0 aromatic heterocycles. The summed E-state index contributed by atoms with van der Waals surface area (Å²) in [6.45, 7) is 11.7. The number of ether oxygens (including phenoxy) is 1. The monoisotopic (exact) mass is 201 g/mol. The lowest BCUT2D eigenvalue weighted by atomic mass is 10.1. The SMILES string of the molecule is CCCC(C)COCCC(C)NCC. The molecule has 0 amide bonds. The lowest BCUT2D eigenvalue weighted by Crippen LogP contribution is -2.27. The molecule has 0 rings (SSSR count). The van der Waals surface area contributed by atoms with Crippen LogP contribution in [-0.2, 0) is 4.74 Å². The molecule has 0 saturated carbocycles. The van der Waals surface area contributed by atoms with Crippen LogP contribution in [-0.4, -0.2) is 25.8 Å². The van der Waals surface area contributed by atoms with Crippen LogP contribution in [0.2, 0.25) is 0 Å². The Morgan fingerprint density at radius 2 is 1.86 bits per heavy atom. The van der Waals surface area contributed by atoms with Gasteiger partial charge in [0.1, 0.15) is 0 Å². The van der Waals surface area contributed by atoms with Crippen molar-refractivity contribution in [1.82, 2.24) is 5.32 Å². The number of rotatable bonds is 9. The van der Waals surface area contributed by atoms with E-state index in [2.05, 4.69) is 33.0 Å². The Balaban J connectivity index is 3.19. The fourth-order valence-corrected chi connectivity index (χ4v) is 1.57. The topological polar surface area (TPSA) is 21.3 Å². The van der Waals surface area contributed by atoms with E-state index in [9.17, 15) is 0 Å². The van der Waals surface area contributed by atoms with Gasteiger partial charge in [-0.15, -0.1) is 0 Å². The van der Waals surface area contributed by atoms with E-state index in [1.807, 2.05) is 0 Å². The van der Waals surface area contributed by atoms with Crippen LogP contribution in [0.15, 0.2) is 0 Å². The molecule has 86 valence electrons. The molecule has 2 unspecified atom stereocenters. The molecule has 0 aliphatic rings. The average Bonchev–Trinajstić information content (AvgIpc) is 2.13. The molecule has 0 saturated heterocycles. The zero-order valence-corrected chi connectivity index (χ0v) is 10.3. The van der Waals surface area contributed by atoms with Gasteiger partial charge in [-0.25, -0.2) is 0 Å². The first-order chi connectivity index (χ1) is 6.70. The van der Waals surface area contributed by atoms with Crippen LogP contribution in [0, 0.1) is 5.92 Å². The predicted molar refractivity (Wildman–Crippen MR) is 62.6 cm³/mol. The molecule has 2 heteroatoms. The minimum atomic E-state index is 0.585. The van der Waals surface area contributed by atoms with Gasteiger partial charge in [0.25, 0.3) is 0 Å². The van der Waals surface area contributed by atoms with Crippen LogP contribution in [0.25, 0.3) is 0 Å². The highest BCUT2D eigenvalue weighted by Gasteiger charge is 2.02. The van der Waals surface area contributed by atoms with Gasteiger partial charge in [-0.1, -0.05) is 27.2 Å². The van der Waals surface area contributed by atoms with Gasteiger partial charge < -0.3 is 10.1 Å². The van der Waals surface area contributed by atoms with Gasteiger partial charge in [0, 0.05) is 19.3 Å². The third-order valence-electron chi connectivity index (χ3n) is 2.43. The summed E-state index contributed by atoms with van der Waals surface area (Å²) < 4.78 is 5.62. The van der Waals surface area contributed by atoms with Crippen LogP contribution >= 0.6 is 0 Å². The maximum absolute atomic E-state index is 5.62. The third-order valence-corrected chi connectivity index (χ3v) is 2.43. The quantitative estimate of drug-likeness (QED) is 0.579. The van der Waals surface area contributed by atoms with Crippen molar-refractivity contribution in [3.05, 3.63) is 0 Å². The summed E-state index contributed by atoms with van der Waals surface area (Å²) in [6.07, 6.45) is 3.66. The molecular weight excluding hydrogens is 174 g/mol. The molecule has 0 heterocycles. The smallest absolute Gasteiger partial charge is 0.0491 e. The van der Waals surface area contributed by atoms with Crippen LogP contribution in [0.1, 0.15) is 47.0 Å². The zero-order valence-electron chi connectivity index (χ0n) is 10.3. The van der Waals surface area contributed by atoms with Gasteiger partial charge >= 0.3 is 0 Å². The molecule has 0 radical (unpaired) electrons. The van der Waals surface area contributed by atoms with E-state index < -0.39 is 0 Å². The van der Waals surface area contributed by atoms with Crippen molar-refractivity contribution in [3.8, 4) is 0 Å². The fraction of sp³-hybridized carbons (Fsp3) is 1.00. The first-order valence-electron chi connectivity index (χ1n) is 6.01. The van der Waals surface area contributed by atoms with Crippen molar-refractivity contribution < 1.29 is 4.74 Å². The molecule has 0 bridgehead atoms. The highest BCUT2D eigenvalue weighted by Crippen LogP contribution is 2.05. The van der Waals surface area contributed by atoms with Crippen LogP contribution in [0.5, 0.6) is 0 Å². The second-order valence-electron chi connectivity index (χ2n) is 4.22. The molecule has 0 aromatic rings. The Morgan fingerprint density at radius 1 is 1.14 bits per heavy atom. The lowest BCUT2D eigenvalue weighted by molar-refractivity contribution is 0.0950. The van der Waals surface area contributed by atoms with Crippen molar-refractivity contribution in [1.29, 1.82) is 0 Å². The van der Waals surface area contributed by atoms with Gasteiger partial charge in [-0.05, 0) is 32.2 Å². The molecule has 14 heavy (non-hydrogen) atoms. The Kier molecular flexibility index (Phi) is 9.42. The molecule has 2 nitrogen and oxygen atoms in total. The highest BCUT2D eigenvalue weighted by molar-refractivity contribution is 4.58. The second kappa shape index (κ2) is 9.47. The highest BCUT2D eigenvalue weighted by atomic mass is 16.5. The summed E-state index contributed by atoms with van der Waals surface area (Å²) in [5.74, 6) is 0.717. The van der Waals surface area contributed by atoms with Gasteiger partial charge in [-0.3, -0.25) is 0 Å². The molecule has 2 atom stereocenters. The summed E-state index contributed by atoms with van der Waals surface area (Å²) in [6, 6.07) is 0.585. The number of hydrogen-bond donors (Lipinski definition) is 1. The molecule has 0 aliphatic carbocycles. The maximum Gasteiger partial charge on any atom is 0.0491 e. The predicted octanol–water partition coefficient (Wildman–Crippen LogP) is 2.83. The largest absolute Gasteiger partial charge is 0.381 e. The van der Waals surface area contributed by atoms with Crippen LogP contribution in [0.4, 0.5) is 0 Å². The summed E-state index contributed by atoms with van der Waals surface area (Å²) in [4.78, 5) is 0. The van der Waals surface area contributed by atoms with Crippen molar-refractivity contribution in [2.45, 2.75) is 53.0 Å². The van der Waals surface area contributed by atoms with E-state index in [0.717, 1.165) is 32.1 Å². The first kappa shape index (κ1) is 13.9. The van der Waals surface area contributed by atoms with Crippen LogP contribution < -0.4 is 5.32 Å². The fourth-order valence-electron chi connectivity index (χ4n) is 1.57. The molecule has 0 aromatic carbocycles. The van der Waals surface area contributed by atoms with Gasteiger partial charge in [0.05, 0.1) is 0 Å². The third kappa shape index (κ3) is 8.52. The summed E-state index contributed by atoms with van der Waals surface area (Å²) in [5.41, 5.74) is 0. The first-order valence-corrected chi connectivity index (χ1v) is 6.01. The number of nitrogens with one attached hydrogen (secondary N) is 1. The Morgan fingerprint density at radius 3 is 2.43 bits per heavy atom. The minimum absolute atomic E-state index is 0.585. The average molecular weight is 201 g/mol. The van der Waals surface area contributed by atoms with Crippen molar-refractivity contribution in [2.24, 2.45) is 5.92 Å². The molecule has 0 aliphatic heterocycles. The van der Waals surface area contributed by atoms with Gasteiger partial charge in [0.15, 0.2) is 0 Å².